The number of benzene rings is 2. The van der Waals surface area contributed by atoms with Gasteiger partial charge < -0.3 is 25.2 Å². The van der Waals surface area contributed by atoms with Gasteiger partial charge in [0.25, 0.3) is 5.91 Å². The molecule has 2 bridgehead atoms. The molecule has 0 aliphatic heterocycles. The number of aromatic carboxylic acids is 1. The van der Waals surface area contributed by atoms with E-state index in [-0.39, 0.29) is 52.4 Å². The fraction of sp³-hybridized carbons (Fsp3) is 0.375. The molecule has 34 heavy (non-hydrogen) atoms. The molecule has 3 saturated carbocycles. The molecule has 3 N–H and O–H groups in total. The van der Waals surface area contributed by atoms with Crippen LogP contribution < -0.4 is 15.4 Å². The molecule has 2 aromatic carbocycles. The summed E-state index contributed by atoms with van der Waals surface area (Å²) >= 11 is 5.62. The fourth-order valence-corrected chi connectivity index (χ4v) is 4.72. The maximum atomic E-state index is 13.4. The van der Waals surface area contributed by atoms with Crippen LogP contribution in [0.25, 0.3) is 0 Å². The Morgan fingerprint density at radius 1 is 0.971 bits per heavy atom. The van der Waals surface area contributed by atoms with Crippen molar-refractivity contribution in [2.45, 2.75) is 36.8 Å². The third-order valence-electron chi connectivity index (χ3n) is 6.07. The number of hydrogen-bond acceptors (Lipinski definition) is 5. The Labute approximate surface area is 200 Å². The highest BCUT2D eigenvalue weighted by atomic mass is 35.5. The quantitative estimate of drug-likeness (QED) is 0.417. The van der Waals surface area contributed by atoms with Crippen molar-refractivity contribution in [3.63, 3.8) is 0 Å². The molecule has 8 nitrogen and oxygen atoms in total. The fourth-order valence-electron chi connectivity index (χ4n) is 4.60. The molecule has 10 heteroatoms. The summed E-state index contributed by atoms with van der Waals surface area (Å²) < 4.78 is 24.2. The average molecular weight is 491 g/mol. The Balaban J connectivity index is 1.10. The van der Waals surface area contributed by atoms with Crippen LogP contribution in [-0.4, -0.2) is 53.8 Å². The Bertz CT molecular complexity index is 1090. The van der Waals surface area contributed by atoms with Gasteiger partial charge in [0.2, 0.25) is 5.91 Å². The number of carboxylic acid groups (broad SMARTS) is 1. The van der Waals surface area contributed by atoms with Gasteiger partial charge in [-0.15, -0.1) is 0 Å². The van der Waals surface area contributed by atoms with Crippen LogP contribution >= 0.6 is 11.6 Å². The lowest BCUT2D eigenvalue weighted by atomic mass is 9.44. The van der Waals surface area contributed by atoms with E-state index in [2.05, 4.69) is 10.6 Å². The molecule has 2 aromatic rings. The van der Waals surface area contributed by atoms with Crippen molar-refractivity contribution in [1.82, 2.24) is 10.6 Å². The molecule has 0 unspecified atom stereocenters. The zero-order chi connectivity index (χ0) is 24.3. The number of ether oxygens (including phenoxy) is 2. The van der Waals surface area contributed by atoms with E-state index < -0.39 is 11.8 Å². The summed E-state index contributed by atoms with van der Waals surface area (Å²) in [4.78, 5) is 35.2. The Morgan fingerprint density at radius 3 is 2.18 bits per heavy atom. The lowest BCUT2D eigenvalue weighted by Gasteiger charge is -2.70. The van der Waals surface area contributed by atoms with Gasteiger partial charge in [-0.2, -0.15) is 0 Å². The number of amides is 2. The van der Waals surface area contributed by atoms with Crippen molar-refractivity contribution in [3.05, 3.63) is 64.4 Å². The minimum atomic E-state index is -0.975. The second-order valence-corrected chi connectivity index (χ2v) is 9.26. The zero-order valence-corrected chi connectivity index (χ0v) is 19.0. The van der Waals surface area contributed by atoms with Gasteiger partial charge in [0.1, 0.15) is 18.2 Å². The Morgan fingerprint density at radius 2 is 1.59 bits per heavy atom. The topological polar surface area (TPSA) is 114 Å². The van der Waals surface area contributed by atoms with Crippen molar-refractivity contribution in [2.24, 2.45) is 0 Å². The van der Waals surface area contributed by atoms with Crippen LogP contribution in [0.15, 0.2) is 42.5 Å². The number of carboxylic acids is 1. The van der Waals surface area contributed by atoms with Crippen LogP contribution in [0.3, 0.4) is 0 Å². The summed E-state index contributed by atoms with van der Waals surface area (Å²) in [5, 5.41) is 14.8. The van der Waals surface area contributed by atoms with Crippen molar-refractivity contribution in [2.75, 3.05) is 19.8 Å². The monoisotopic (exact) mass is 490 g/mol. The smallest absolute Gasteiger partial charge is 0.335 e. The first kappa shape index (κ1) is 24.0. The normalized spacial score (nSPS) is 22.2. The summed E-state index contributed by atoms with van der Waals surface area (Å²) in [6.45, 7) is 0.0270. The standard InChI is InChI=1S/C24H24ClFN2O6/c25-18-6-5-17(9-19(18)26)34-11-21(30)28-24-12-23(13-24,14-24)27-20(29)10-33-8-7-15-1-3-16(4-2-15)22(31)32/h1-6,9H,7-8,10-14H2,(H,27,29)(H,28,30)(H,31,32). The molecule has 180 valence electrons. The third-order valence-corrected chi connectivity index (χ3v) is 6.38. The number of rotatable bonds is 11. The van der Waals surface area contributed by atoms with Crippen LogP contribution in [-0.2, 0) is 20.7 Å². The Hall–Kier alpha value is -3.17. The van der Waals surface area contributed by atoms with Gasteiger partial charge in [-0.05, 0) is 55.5 Å². The molecular weight excluding hydrogens is 467 g/mol. The van der Waals surface area contributed by atoms with Crippen LogP contribution in [0, 0.1) is 5.82 Å². The van der Waals surface area contributed by atoms with Crippen molar-refractivity contribution < 1.29 is 33.4 Å². The molecular formula is C24H24ClFN2O6. The second-order valence-electron chi connectivity index (χ2n) is 8.86. The number of carbonyl (C=O) groups excluding carboxylic acids is 2. The van der Waals surface area contributed by atoms with Crippen molar-refractivity contribution >= 4 is 29.4 Å². The first-order chi connectivity index (χ1) is 16.2. The predicted octanol–water partition coefficient (Wildman–Crippen LogP) is 2.72. The number of nitrogens with one attached hydrogen (secondary N) is 2. The molecule has 3 aliphatic carbocycles. The first-order valence-electron chi connectivity index (χ1n) is 10.8. The van der Waals surface area contributed by atoms with E-state index in [9.17, 15) is 18.8 Å². The number of halogens is 2. The summed E-state index contributed by atoms with van der Waals surface area (Å²) in [5.41, 5.74) is 0.511. The largest absolute Gasteiger partial charge is 0.484 e. The summed E-state index contributed by atoms with van der Waals surface area (Å²) in [6, 6.07) is 10.5. The van der Waals surface area contributed by atoms with E-state index in [0.29, 0.717) is 32.3 Å². The molecule has 3 fully saturated rings. The van der Waals surface area contributed by atoms with Gasteiger partial charge in [0, 0.05) is 17.1 Å². The highest BCUT2D eigenvalue weighted by Crippen LogP contribution is 2.60. The van der Waals surface area contributed by atoms with Gasteiger partial charge in [0.15, 0.2) is 6.61 Å². The predicted molar refractivity (Wildman–Crippen MR) is 120 cm³/mol. The number of hydrogen-bond donors (Lipinski definition) is 3. The SMILES string of the molecule is O=C(COCCc1ccc(C(=O)O)cc1)NC12CC(NC(=O)COc3ccc(Cl)c(F)c3)(C1)C2. The summed E-state index contributed by atoms with van der Waals surface area (Å²) in [5.74, 6) is -1.90. The van der Waals surface area contributed by atoms with E-state index in [1.54, 1.807) is 12.1 Å². The van der Waals surface area contributed by atoms with Gasteiger partial charge >= 0.3 is 5.97 Å². The first-order valence-corrected chi connectivity index (χ1v) is 11.2. The average Bonchev–Trinajstić information content (AvgIpc) is 2.75. The van der Waals surface area contributed by atoms with E-state index in [4.69, 9.17) is 26.2 Å². The molecule has 0 spiro atoms. The lowest BCUT2D eigenvalue weighted by molar-refractivity contribution is -0.152. The molecule has 3 aliphatic rings. The maximum Gasteiger partial charge on any atom is 0.335 e. The van der Waals surface area contributed by atoms with Gasteiger partial charge in [0.05, 0.1) is 17.2 Å². The number of carbonyl (C=O) groups is 3. The Kier molecular flexibility index (Phi) is 6.77. The van der Waals surface area contributed by atoms with Crippen LogP contribution in [0.5, 0.6) is 5.75 Å². The molecule has 0 heterocycles. The summed E-state index contributed by atoms with van der Waals surface area (Å²) in [7, 11) is 0. The molecule has 0 atom stereocenters. The molecule has 2 amide bonds. The van der Waals surface area contributed by atoms with Crippen LogP contribution in [0.4, 0.5) is 4.39 Å². The highest BCUT2D eigenvalue weighted by Gasteiger charge is 2.69. The molecule has 5 rings (SSSR count). The van der Waals surface area contributed by atoms with Crippen LogP contribution in [0.2, 0.25) is 5.02 Å². The second kappa shape index (κ2) is 9.60. The minimum Gasteiger partial charge on any atom is -0.484 e. The van der Waals surface area contributed by atoms with Gasteiger partial charge in [-0.1, -0.05) is 23.7 Å². The zero-order valence-electron chi connectivity index (χ0n) is 18.2. The van der Waals surface area contributed by atoms with Gasteiger partial charge in [-0.3, -0.25) is 9.59 Å². The van der Waals surface area contributed by atoms with E-state index >= 15 is 0 Å². The van der Waals surface area contributed by atoms with Crippen LogP contribution in [0.1, 0.15) is 35.2 Å². The third kappa shape index (κ3) is 5.48. The molecule has 0 aromatic heterocycles. The lowest BCUT2D eigenvalue weighted by Crippen LogP contribution is -2.84. The van der Waals surface area contributed by atoms with Crippen molar-refractivity contribution in [3.8, 4) is 5.75 Å². The van der Waals surface area contributed by atoms with E-state index in [1.165, 1.54) is 24.3 Å². The van der Waals surface area contributed by atoms with E-state index in [0.717, 1.165) is 11.6 Å². The molecule has 0 saturated heterocycles. The maximum absolute atomic E-state index is 13.4. The van der Waals surface area contributed by atoms with E-state index in [1.807, 2.05) is 0 Å². The minimum absolute atomic E-state index is 0.0179. The van der Waals surface area contributed by atoms with Gasteiger partial charge in [-0.25, -0.2) is 9.18 Å². The summed E-state index contributed by atoms with van der Waals surface area (Å²) in [6.07, 6.45) is 2.49. The molecule has 0 radical (unpaired) electrons. The highest BCUT2D eigenvalue weighted by molar-refractivity contribution is 6.30. The van der Waals surface area contributed by atoms with Crippen molar-refractivity contribution in [1.29, 1.82) is 0 Å².